The van der Waals surface area contributed by atoms with Crippen molar-refractivity contribution in [2.45, 2.75) is 61.9 Å². The molecule has 0 amide bonds. The molecule has 2 aliphatic heterocycles. The number of benzene rings is 4. The number of fused-ring (bicyclic) bond motifs is 4. The smallest absolute Gasteiger partial charge is 0.166 e. The number of aromatic amines is 1. The second-order valence-electron chi connectivity index (χ2n) is 13.8. The number of hydrogen-bond acceptors (Lipinski definition) is 4. The molecule has 2 bridgehead atoms. The lowest BCUT2D eigenvalue weighted by Gasteiger charge is -2.64. The average Bonchev–Trinajstić information content (AvgIpc) is 3.70. The maximum atomic E-state index is 11.2. The fourth-order valence-corrected chi connectivity index (χ4v) is 9.57. The van der Waals surface area contributed by atoms with Gasteiger partial charge >= 0.3 is 0 Å². The molecule has 3 heterocycles. The molecule has 5 aliphatic rings. The van der Waals surface area contributed by atoms with E-state index in [0.717, 1.165) is 49.5 Å². The van der Waals surface area contributed by atoms with Crippen LogP contribution in [0.5, 0.6) is 11.5 Å². The Morgan fingerprint density at radius 2 is 1.73 bits per heavy atom. The van der Waals surface area contributed by atoms with Crippen LogP contribution in [0.1, 0.15) is 53.3 Å². The summed E-state index contributed by atoms with van der Waals surface area (Å²) in [7, 11) is 0. The zero-order valence-corrected chi connectivity index (χ0v) is 26.0. The molecule has 10 rings (SSSR count). The van der Waals surface area contributed by atoms with Gasteiger partial charge in [0.1, 0.15) is 5.60 Å². The highest BCUT2D eigenvalue weighted by molar-refractivity contribution is 5.86. The monoisotopic (exact) mass is 616 g/mol. The Bertz CT molecular complexity index is 1950. The number of nitrogens with one attached hydrogen (secondary N) is 1. The van der Waals surface area contributed by atoms with E-state index in [0.29, 0.717) is 12.4 Å². The summed E-state index contributed by atoms with van der Waals surface area (Å²) >= 11 is 0. The van der Waals surface area contributed by atoms with Crippen molar-refractivity contribution in [1.82, 2.24) is 9.88 Å². The fourth-order valence-electron chi connectivity index (χ4n) is 9.57. The van der Waals surface area contributed by atoms with Gasteiger partial charge in [0.25, 0.3) is 0 Å². The van der Waals surface area contributed by atoms with Crippen molar-refractivity contribution in [1.29, 1.82) is 0 Å². The number of aromatic hydroxyl groups is 1. The predicted octanol–water partition coefficient (Wildman–Crippen LogP) is 7.89. The first kappa shape index (κ1) is 27.5. The van der Waals surface area contributed by atoms with Crippen LogP contribution >= 0.6 is 12.4 Å². The maximum Gasteiger partial charge on any atom is 0.166 e. The van der Waals surface area contributed by atoms with E-state index in [1.165, 1.54) is 51.6 Å². The lowest BCUT2D eigenvalue weighted by molar-refractivity contribution is -0.210. The first-order valence-corrected chi connectivity index (χ1v) is 16.3. The normalized spacial score (nSPS) is 27.4. The van der Waals surface area contributed by atoms with Crippen LogP contribution in [-0.2, 0) is 29.6 Å². The molecule has 2 fully saturated rings. The van der Waals surface area contributed by atoms with Crippen LogP contribution in [0.15, 0.2) is 91.0 Å². The third-order valence-corrected chi connectivity index (χ3v) is 11.6. The van der Waals surface area contributed by atoms with Gasteiger partial charge in [-0.2, -0.15) is 0 Å². The van der Waals surface area contributed by atoms with Crippen LogP contribution in [0, 0.1) is 5.92 Å². The summed E-state index contributed by atoms with van der Waals surface area (Å²) < 4.78 is 14.7. The van der Waals surface area contributed by atoms with Gasteiger partial charge in [0, 0.05) is 35.5 Å². The Hall–Kier alpha value is -3.77. The van der Waals surface area contributed by atoms with Crippen molar-refractivity contribution in [2.75, 3.05) is 13.1 Å². The molecule has 2 N–H and O–H groups in total. The highest BCUT2D eigenvalue weighted by Gasteiger charge is 2.74. The number of hydrogen-bond donors (Lipinski definition) is 2. The van der Waals surface area contributed by atoms with Crippen molar-refractivity contribution < 1.29 is 14.6 Å². The van der Waals surface area contributed by atoms with E-state index in [2.05, 4.69) is 94.8 Å². The van der Waals surface area contributed by atoms with Gasteiger partial charge in [0.15, 0.2) is 17.6 Å². The Morgan fingerprint density at radius 1 is 0.933 bits per heavy atom. The largest absolute Gasteiger partial charge is 0.504 e. The van der Waals surface area contributed by atoms with Gasteiger partial charge in [0.2, 0.25) is 0 Å². The van der Waals surface area contributed by atoms with Crippen LogP contribution in [0.4, 0.5) is 0 Å². The van der Waals surface area contributed by atoms with Gasteiger partial charge in [0.05, 0.1) is 17.7 Å². The molecule has 5 nitrogen and oxygen atoms in total. The zero-order chi connectivity index (χ0) is 29.0. The van der Waals surface area contributed by atoms with E-state index >= 15 is 0 Å². The van der Waals surface area contributed by atoms with Crippen molar-refractivity contribution in [3.63, 3.8) is 0 Å². The number of para-hydroxylation sites is 1. The van der Waals surface area contributed by atoms with Gasteiger partial charge in [-0.05, 0) is 78.1 Å². The van der Waals surface area contributed by atoms with Gasteiger partial charge in [-0.15, -0.1) is 12.4 Å². The Morgan fingerprint density at radius 3 is 2.60 bits per heavy atom. The molecule has 6 heteroatoms. The second-order valence-corrected chi connectivity index (χ2v) is 13.8. The standard InChI is InChI=1S/C39H36N2O3.ClH/c42-32-17-16-26-20-33-39(43-23-27-10-4-5-11-28(27)25-8-2-1-3-9-25)21-30-29-12-6-7-13-31(29)40-35(30)37-38(39,34(26)36(32)44-37)18-19-41(33)22-24-14-15-24;/h1-13,16-17,24,33,37,40,42H,14-15,18-23H2;1H/t33-,37+,38+,39-;/m1./s1. The third-order valence-electron chi connectivity index (χ3n) is 11.6. The lowest BCUT2D eigenvalue weighted by Crippen LogP contribution is -2.75. The SMILES string of the molecule is Cl.Oc1ccc2c3c1O[C@H]1c4[nH]c5ccccc5c4C[C@@]4(OCc5ccccc5-c5ccccc5)[C@@H](C2)N(CC2CC2)CC[C@]314. The van der Waals surface area contributed by atoms with Crippen molar-refractivity contribution in [3.8, 4) is 22.6 Å². The minimum absolute atomic E-state index is 0. The van der Waals surface area contributed by atoms with Crippen molar-refractivity contribution in [3.05, 3.63) is 119 Å². The number of ether oxygens (including phenoxy) is 2. The van der Waals surface area contributed by atoms with Crippen LogP contribution in [0.3, 0.4) is 0 Å². The van der Waals surface area contributed by atoms with E-state index in [9.17, 15) is 5.11 Å². The van der Waals surface area contributed by atoms with E-state index in [4.69, 9.17) is 9.47 Å². The first-order valence-electron chi connectivity index (χ1n) is 16.3. The summed E-state index contributed by atoms with van der Waals surface area (Å²) in [6.07, 6.45) is 5.10. The number of phenols is 1. The summed E-state index contributed by atoms with van der Waals surface area (Å²) in [5.41, 5.74) is 8.86. The Kier molecular flexibility index (Phi) is 6.03. The molecule has 4 aromatic carbocycles. The van der Waals surface area contributed by atoms with E-state index in [1.54, 1.807) is 0 Å². The number of H-pyrrole nitrogens is 1. The maximum absolute atomic E-state index is 11.2. The summed E-state index contributed by atoms with van der Waals surface area (Å²) in [5.74, 6) is 1.71. The molecule has 1 spiro atoms. The molecule has 0 unspecified atom stereocenters. The van der Waals surface area contributed by atoms with E-state index in [1.807, 2.05) is 6.07 Å². The zero-order valence-electron chi connectivity index (χ0n) is 25.2. The van der Waals surface area contributed by atoms with Crippen molar-refractivity contribution >= 4 is 23.3 Å². The molecule has 1 saturated carbocycles. The topological polar surface area (TPSA) is 57.7 Å². The summed E-state index contributed by atoms with van der Waals surface area (Å²) in [6, 6.07) is 32.3. The van der Waals surface area contributed by atoms with Crippen LogP contribution < -0.4 is 4.74 Å². The van der Waals surface area contributed by atoms with Gasteiger partial charge in [-0.1, -0.05) is 78.9 Å². The minimum atomic E-state index is -0.515. The molecule has 3 aliphatic carbocycles. The summed E-state index contributed by atoms with van der Waals surface area (Å²) in [4.78, 5) is 6.58. The molecular weight excluding hydrogens is 580 g/mol. The second kappa shape index (κ2) is 9.86. The predicted molar refractivity (Wildman–Crippen MR) is 178 cm³/mol. The van der Waals surface area contributed by atoms with Crippen molar-refractivity contribution in [2.24, 2.45) is 5.92 Å². The first-order chi connectivity index (χ1) is 21.7. The van der Waals surface area contributed by atoms with E-state index < -0.39 is 11.0 Å². The summed E-state index contributed by atoms with van der Waals surface area (Å²) in [5, 5.41) is 12.5. The molecule has 5 aromatic rings. The quantitative estimate of drug-likeness (QED) is 0.204. The molecular formula is C39H37ClN2O3. The number of piperidine rings is 1. The number of aromatic nitrogens is 1. The van der Waals surface area contributed by atoms with Gasteiger partial charge < -0.3 is 19.6 Å². The number of halogens is 1. The Balaban J connectivity index is 0.00000281. The molecule has 0 radical (unpaired) electrons. The average molecular weight is 617 g/mol. The number of nitrogens with zero attached hydrogens (tertiary/aromatic N) is 1. The number of phenolic OH excluding ortho intramolecular Hbond substituents is 1. The lowest BCUT2D eigenvalue weighted by atomic mass is 9.48. The highest BCUT2D eigenvalue weighted by Crippen LogP contribution is 2.70. The minimum Gasteiger partial charge on any atom is -0.504 e. The molecule has 228 valence electrons. The van der Waals surface area contributed by atoms with Gasteiger partial charge in [-0.3, -0.25) is 4.90 Å². The molecule has 1 aromatic heterocycles. The summed E-state index contributed by atoms with van der Waals surface area (Å²) in [6.45, 7) is 2.68. The van der Waals surface area contributed by atoms with Crippen LogP contribution in [-0.4, -0.2) is 39.7 Å². The molecule has 4 atom stereocenters. The fraction of sp³-hybridized carbons (Fsp3) is 0.333. The van der Waals surface area contributed by atoms with Crippen LogP contribution in [0.2, 0.25) is 0 Å². The van der Waals surface area contributed by atoms with E-state index in [-0.39, 0.29) is 30.3 Å². The number of rotatable bonds is 6. The highest BCUT2D eigenvalue weighted by atomic mass is 35.5. The molecule has 45 heavy (non-hydrogen) atoms. The third kappa shape index (κ3) is 3.69. The Labute approximate surface area is 269 Å². The van der Waals surface area contributed by atoms with Crippen LogP contribution in [0.25, 0.3) is 22.0 Å². The number of likely N-dealkylation sites (tertiary alicyclic amines) is 1. The van der Waals surface area contributed by atoms with Gasteiger partial charge in [-0.25, -0.2) is 0 Å². The molecule has 1 saturated heterocycles.